The van der Waals surface area contributed by atoms with E-state index in [1.54, 1.807) is 18.2 Å². The summed E-state index contributed by atoms with van der Waals surface area (Å²) in [6.45, 7) is 3.98. The summed E-state index contributed by atoms with van der Waals surface area (Å²) < 4.78 is 31.2. The number of aryl methyl sites for hydroxylation is 1. The van der Waals surface area contributed by atoms with Gasteiger partial charge in [0.15, 0.2) is 0 Å². The van der Waals surface area contributed by atoms with Gasteiger partial charge in [0.1, 0.15) is 29.6 Å². The molecular formula is C30H26FN3O6. The number of hydrogen-bond acceptors (Lipinski definition) is 6. The Hall–Kier alpha value is -5.12. The van der Waals surface area contributed by atoms with Gasteiger partial charge in [-0.2, -0.15) is 0 Å². The Labute approximate surface area is 229 Å². The summed E-state index contributed by atoms with van der Waals surface area (Å²) >= 11 is 0. The maximum absolute atomic E-state index is 13.4. The minimum absolute atomic E-state index is 0.0149. The van der Waals surface area contributed by atoms with E-state index in [4.69, 9.17) is 9.15 Å². The average molecular weight is 544 g/mol. The summed E-state index contributed by atoms with van der Waals surface area (Å²) in [4.78, 5) is 38.2. The highest BCUT2D eigenvalue weighted by Gasteiger charge is 2.34. The molecule has 2 aromatic heterocycles. The van der Waals surface area contributed by atoms with Crippen molar-refractivity contribution in [3.63, 3.8) is 0 Å². The highest BCUT2D eigenvalue weighted by molar-refractivity contribution is 6.14. The number of benzene rings is 2. The minimum atomic E-state index is -0.648. The first kappa shape index (κ1) is 26.5. The predicted molar refractivity (Wildman–Crippen MR) is 143 cm³/mol. The Morgan fingerprint density at radius 1 is 1.05 bits per heavy atom. The van der Waals surface area contributed by atoms with Crippen LogP contribution in [0.15, 0.2) is 76.8 Å². The molecule has 2 aromatic carbocycles. The lowest BCUT2D eigenvalue weighted by molar-refractivity contribution is -0.123. The molecule has 0 spiro atoms. The number of hydrogen-bond donors (Lipinski definition) is 1. The molecule has 5 rings (SSSR count). The van der Waals surface area contributed by atoms with Crippen LogP contribution in [0, 0.1) is 19.7 Å². The first-order chi connectivity index (χ1) is 19.2. The van der Waals surface area contributed by atoms with E-state index in [1.165, 1.54) is 31.4 Å². The zero-order chi connectivity index (χ0) is 28.4. The number of nitrogens with zero attached hydrogens (tertiary/aromatic N) is 2. The molecule has 0 saturated carbocycles. The summed E-state index contributed by atoms with van der Waals surface area (Å²) in [7, 11) is 1.23. The van der Waals surface area contributed by atoms with Crippen LogP contribution in [0.25, 0.3) is 11.8 Å². The molecule has 0 unspecified atom stereocenters. The SMILES string of the molecule is COC(=O)c1ccc(CN2C(=O)N/C(=C\c3cc(C)n(-c4ccc(OCc5cccc(F)c5)cc4)c3C)C2=O)o1. The van der Waals surface area contributed by atoms with Gasteiger partial charge < -0.3 is 23.8 Å². The molecular weight excluding hydrogens is 517 g/mol. The summed E-state index contributed by atoms with van der Waals surface area (Å²) in [6, 6.07) is 18.0. The van der Waals surface area contributed by atoms with E-state index >= 15 is 0 Å². The number of imide groups is 1. The summed E-state index contributed by atoms with van der Waals surface area (Å²) in [5, 5.41) is 2.61. The Bertz CT molecular complexity index is 1630. The van der Waals surface area contributed by atoms with E-state index in [9.17, 15) is 18.8 Å². The lowest BCUT2D eigenvalue weighted by Gasteiger charge is -2.12. The van der Waals surface area contributed by atoms with Gasteiger partial charge in [-0.3, -0.25) is 9.69 Å². The molecule has 0 atom stereocenters. The number of amides is 3. The summed E-state index contributed by atoms with van der Waals surface area (Å²) in [6.07, 6.45) is 1.64. The molecule has 9 nitrogen and oxygen atoms in total. The van der Waals surface area contributed by atoms with Crippen LogP contribution in [0.5, 0.6) is 5.75 Å². The third-order valence-corrected chi connectivity index (χ3v) is 6.48. The quantitative estimate of drug-likeness (QED) is 0.184. The number of urea groups is 1. The van der Waals surface area contributed by atoms with E-state index in [0.29, 0.717) is 5.75 Å². The monoisotopic (exact) mass is 543 g/mol. The van der Waals surface area contributed by atoms with Crippen molar-refractivity contribution >= 4 is 24.0 Å². The molecule has 1 aliphatic heterocycles. The van der Waals surface area contributed by atoms with Gasteiger partial charge in [-0.25, -0.2) is 14.0 Å². The minimum Gasteiger partial charge on any atom is -0.489 e. The number of furan rings is 1. The number of nitrogens with one attached hydrogen (secondary N) is 1. The number of halogens is 1. The fourth-order valence-electron chi connectivity index (χ4n) is 4.52. The lowest BCUT2D eigenvalue weighted by Crippen LogP contribution is -2.30. The van der Waals surface area contributed by atoms with Gasteiger partial charge in [0.2, 0.25) is 5.76 Å². The summed E-state index contributed by atoms with van der Waals surface area (Å²) in [5.74, 6) is -0.562. The molecule has 0 bridgehead atoms. The van der Waals surface area contributed by atoms with Gasteiger partial charge in [0.25, 0.3) is 5.91 Å². The van der Waals surface area contributed by atoms with Gasteiger partial charge in [-0.15, -0.1) is 0 Å². The topological polar surface area (TPSA) is 103 Å². The van der Waals surface area contributed by atoms with Crippen molar-refractivity contribution in [1.29, 1.82) is 0 Å². The zero-order valence-corrected chi connectivity index (χ0v) is 22.1. The summed E-state index contributed by atoms with van der Waals surface area (Å²) in [5.41, 5.74) is 4.32. The number of aromatic nitrogens is 1. The molecule has 204 valence electrons. The number of ether oxygens (including phenoxy) is 2. The normalized spacial score (nSPS) is 14.1. The number of carbonyl (C=O) groups is 3. The van der Waals surface area contributed by atoms with Crippen LogP contribution in [0.3, 0.4) is 0 Å². The molecule has 1 saturated heterocycles. The van der Waals surface area contributed by atoms with E-state index < -0.39 is 17.9 Å². The van der Waals surface area contributed by atoms with Gasteiger partial charge in [-0.1, -0.05) is 12.1 Å². The van der Waals surface area contributed by atoms with Gasteiger partial charge in [0.05, 0.1) is 13.7 Å². The van der Waals surface area contributed by atoms with Crippen LogP contribution < -0.4 is 10.1 Å². The second-order valence-electron chi connectivity index (χ2n) is 9.21. The van der Waals surface area contributed by atoms with Crippen molar-refractivity contribution in [2.45, 2.75) is 27.0 Å². The number of methoxy groups -OCH3 is 1. The average Bonchev–Trinajstić information content (AvgIpc) is 3.60. The van der Waals surface area contributed by atoms with Crippen molar-refractivity contribution in [3.8, 4) is 11.4 Å². The maximum Gasteiger partial charge on any atom is 0.373 e. The second-order valence-corrected chi connectivity index (χ2v) is 9.21. The molecule has 3 heterocycles. The Morgan fingerprint density at radius 3 is 2.55 bits per heavy atom. The van der Waals surface area contributed by atoms with Crippen LogP contribution in [0.4, 0.5) is 9.18 Å². The number of rotatable bonds is 8. The van der Waals surface area contributed by atoms with Crippen molar-refractivity contribution in [1.82, 2.24) is 14.8 Å². The Morgan fingerprint density at radius 2 is 1.82 bits per heavy atom. The fraction of sp³-hybridized carbons (Fsp3) is 0.167. The van der Waals surface area contributed by atoms with E-state index in [-0.39, 0.29) is 36.2 Å². The van der Waals surface area contributed by atoms with Crippen LogP contribution in [0.2, 0.25) is 0 Å². The van der Waals surface area contributed by atoms with Crippen LogP contribution in [0.1, 0.15) is 38.8 Å². The lowest BCUT2D eigenvalue weighted by atomic mass is 10.2. The van der Waals surface area contributed by atoms with Crippen LogP contribution >= 0.6 is 0 Å². The number of esters is 1. The predicted octanol–water partition coefficient (Wildman–Crippen LogP) is 5.28. The van der Waals surface area contributed by atoms with E-state index in [1.807, 2.05) is 48.7 Å². The standard InChI is InChI=1S/C30H26FN3O6/c1-18-13-21(15-26-28(35)33(30(37)32-26)16-25-11-12-27(40-25)29(36)38-3)19(2)34(18)23-7-9-24(10-8-23)39-17-20-5-4-6-22(31)14-20/h4-15H,16-17H2,1-3H3,(H,32,37)/b26-15-. The first-order valence-electron chi connectivity index (χ1n) is 12.4. The molecule has 1 fully saturated rings. The zero-order valence-electron chi connectivity index (χ0n) is 22.1. The van der Waals surface area contributed by atoms with Crippen molar-refractivity contribution in [3.05, 3.63) is 112 Å². The molecule has 40 heavy (non-hydrogen) atoms. The smallest absolute Gasteiger partial charge is 0.373 e. The highest BCUT2D eigenvalue weighted by atomic mass is 19.1. The highest BCUT2D eigenvalue weighted by Crippen LogP contribution is 2.26. The molecule has 0 radical (unpaired) electrons. The fourth-order valence-corrected chi connectivity index (χ4v) is 4.52. The maximum atomic E-state index is 13.4. The second kappa shape index (κ2) is 10.9. The van der Waals surface area contributed by atoms with E-state index in [0.717, 1.165) is 33.1 Å². The molecule has 3 amide bonds. The van der Waals surface area contributed by atoms with Crippen molar-refractivity contribution < 1.29 is 32.7 Å². The van der Waals surface area contributed by atoms with Gasteiger partial charge >= 0.3 is 12.0 Å². The van der Waals surface area contributed by atoms with Crippen molar-refractivity contribution in [2.24, 2.45) is 0 Å². The van der Waals surface area contributed by atoms with Gasteiger partial charge in [0, 0.05) is 17.1 Å². The molecule has 1 aliphatic rings. The third-order valence-electron chi connectivity index (χ3n) is 6.48. The number of carbonyl (C=O) groups excluding carboxylic acids is 3. The largest absolute Gasteiger partial charge is 0.489 e. The van der Waals surface area contributed by atoms with Gasteiger partial charge in [-0.05, 0) is 85.6 Å². The Balaban J connectivity index is 1.30. The molecule has 0 aliphatic carbocycles. The Kier molecular flexibility index (Phi) is 7.24. The molecule has 10 heteroatoms. The first-order valence-corrected chi connectivity index (χ1v) is 12.4. The molecule has 4 aromatic rings. The molecule has 1 N–H and O–H groups in total. The van der Waals surface area contributed by atoms with Crippen LogP contribution in [-0.2, 0) is 22.7 Å². The van der Waals surface area contributed by atoms with E-state index in [2.05, 4.69) is 10.1 Å². The van der Waals surface area contributed by atoms with Crippen molar-refractivity contribution in [2.75, 3.05) is 7.11 Å². The van der Waals surface area contributed by atoms with Crippen LogP contribution in [-0.4, -0.2) is 34.5 Å². The third kappa shape index (κ3) is 5.37.